The normalized spacial score (nSPS) is 14.4. The van der Waals surface area contributed by atoms with Crippen LogP contribution in [0.3, 0.4) is 0 Å². The van der Waals surface area contributed by atoms with E-state index in [0.717, 1.165) is 36.6 Å². The fraction of sp³-hybridized carbons (Fsp3) is 0.429. The smallest absolute Gasteiger partial charge is 0.178 e. The van der Waals surface area contributed by atoms with Crippen LogP contribution in [0, 0.1) is 5.92 Å². The molecule has 1 aliphatic carbocycles. The van der Waals surface area contributed by atoms with E-state index in [-0.39, 0.29) is 11.7 Å². The van der Waals surface area contributed by atoms with Gasteiger partial charge in [-0.05, 0) is 18.9 Å². The maximum Gasteiger partial charge on any atom is 0.178 e. The molecule has 106 valence electrons. The molecule has 1 fully saturated rings. The van der Waals surface area contributed by atoms with Crippen molar-refractivity contribution in [2.75, 3.05) is 17.6 Å². The molecule has 0 radical (unpaired) electrons. The van der Waals surface area contributed by atoms with Gasteiger partial charge in [0.25, 0.3) is 0 Å². The molecule has 2 aromatic heterocycles. The number of anilines is 2. The van der Waals surface area contributed by atoms with Crippen molar-refractivity contribution >= 4 is 27.8 Å². The van der Waals surface area contributed by atoms with Crippen molar-refractivity contribution < 1.29 is 4.79 Å². The molecular weight excluding hydrogens is 272 g/mol. The van der Waals surface area contributed by atoms with Crippen molar-refractivity contribution in [1.29, 1.82) is 0 Å². The van der Waals surface area contributed by atoms with E-state index in [1.807, 2.05) is 23.9 Å². The highest BCUT2D eigenvalue weighted by molar-refractivity contribution is 7.18. The van der Waals surface area contributed by atoms with Crippen LogP contribution in [-0.2, 0) is 13.5 Å². The number of nitrogens with two attached hydrogens (primary N) is 1. The van der Waals surface area contributed by atoms with E-state index in [1.54, 1.807) is 6.20 Å². The average Bonchev–Trinajstić information content (AvgIpc) is 3.10. The summed E-state index contributed by atoms with van der Waals surface area (Å²) in [4.78, 5) is 17.0. The van der Waals surface area contributed by atoms with Crippen molar-refractivity contribution in [2.24, 2.45) is 13.0 Å². The SMILES string of the molecule is Cn1ccnc1CCNc1cc(N)c(C(=O)C2CC2)s1. The third kappa shape index (κ3) is 2.70. The first-order valence-corrected chi connectivity index (χ1v) is 7.60. The van der Waals surface area contributed by atoms with Gasteiger partial charge in [-0.3, -0.25) is 4.79 Å². The number of nitrogen functional groups attached to an aromatic ring is 1. The Balaban J connectivity index is 1.59. The standard InChI is InChI=1S/C14H18N4OS/c1-18-7-6-16-11(18)4-5-17-12-8-10(15)14(20-12)13(19)9-2-3-9/h6-9,17H,2-5,15H2,1H3. The number of hydrogen-bond donors (Lipinski definition) is 2. The highest BCUT2D eigenvalue weighted by Gasteiger charge is 2.32. The van der Waals surface area contributed by atoms with Crippen molar-refractivity contribution in [3.8, 4) is 0 Å². The second kappa shape index (κ2) is 5.28. The van der Waals surface area contributed by atoms with Crippen LogP contribution in [0.2, 0.25) is 0 Å². The van der Waals surface area contributed by atoms with E-state index in [0.29, 0.717) is 10.6 Å². The fourth-order valence-corrected chi connectivity index (χ4v) is 3.17. The van der Waals surface area contributed by atoms with Crippen LogP contribution in [0.25, 0.3) is 0 Å². The predicted molar refractivity (Wildman–Crippen MR) is 81.2 cm³/mol. The van der Waals surface area contributed by atoms with Gasteiger partial charge in [-0.25, -0.2) is 4.98 Å². The van der Waals surface area contributed by atoms with Gasteiger partial charge < -0.3 is 15.6 Å². The summed E-state index contributed by atoms with van der Waals surface area (Å²) < 4.78 is 2.01. The molecule has 20 heavy (non-hydrogen) atoms. The molecule has 0 amide bonds. The topological polar surface area (TPSA) is 72.9 Å². The number of hydrogen-bond acceptors (Lipinski definition) is 5. The van der Waals surface area contributed by atoms with Crippen molar-refractivity contribution in [1.82, 2.24) is 9.55 Å². The Labute approximate surface area is 121 Å². The Bertz CT molecular complexity index is 627. The maximum absolute atomic E-state index is 12.0. The second-order valence-electron chi connectivity index (χ2n) is 5.16. The summed E-state index contributed by atoms with van der Waals surface area (Å²) in [5, 5.41) is 4.28. The first-order chi connectivity index (χ1) is 9.65. The number of carbonyl (C=O) groups is 1. The average molecular weight is 290 g/mol. The Morgan fingerprint density at radius 1 is 1.60 bits per heavy atom. The molecule has 1 aliphatic rings. The Kier molecular flexibility index (Phi) is 3.48. The number of carbonyl (C=O) groups excluding carboxylic acids is 1. The van der Waals surface area contributed by atoms with E-state index in [9.17, 15) is 4.79 Å². The highest BCUT2D eigenvalue weighted by atomic mass is 32.1. The largest absolute Gasteiger partial charge is 0.397 e. The molecule has 5 nitrogen and oxygen atoms in total. The minimum Gasteiger partial charge on any atom is -0.397 e. The number of imidazole rings is 1. The van der Waals surface area contributed by atoms with Crippen molar-refractivity contribution in [3.05, 3.63) is 29.2 Å². The first kappa shape index (κ1) is 13.2. The summed E-state index contributed by atoms with van der Waals surface area (Å²) >= 11 is 1.46. The summed E-state index contributed by atoms with van der Waals surface area (Å²) in [5.74, 6) is 1.47. The van der Waals surface area contributed by atoms with Gasteiger partial charge in [0, 0.05) is 38.3 Å². The molecule has 1 saturated carbocycles. The van der Waals surface area contributed by atoms with E-state index >= 15 is 0 Å². The van der Waals surface area contributed by atoms with Gasteiger partial charge in [0.15, 0.2) is 5.78 Å². The third-order valence-corrected chi connectivity index (χ3v) is 4.62. The van der Waals surface area contributed by atoms with Crippen LogP contribution in [0.5, 0.6) is 0 Å². The van der Waals surface area contributed by atoms with Gasteiger partial charge in [0.2, 0.25) is 0 Å². The number of nitrogens with zero attached hydrogens (tertiary/aromatic N) is 2. The zero-order valence-electron chi connectivity index (χ0n) is 11.4. The van der Waals surface area contributed by atoms with Gasteiger partial charge in [-0.15, -0.1) is 11.3 Å². The lowest BCUT2D eigenvalue weighted by Gasteiger charge is -2.03. The lowest BCUT2D eigenvalue weighted by atomic mass is 10.2. The molecular formula is C14H18N4OS. The summed E-state index contributed by atoms with van der Waals surface area (Å²) in [5.41, 5.74) is 6.53. The fourth-order valence-electron chi connectivity index (χ4n) is 2.15. The Hall–Kier alpha value is -1.82. The number of aryl methyl sites for hydroxylation is 1. The van der Waals surface area contributed by atoms with Crippen LogP contribution >= 0.6 is 11.3 Å². The summed E-state index contributed by atoms with van der Waals surface area (Å²) in [6.07, 6.45) is 6.60. The monoisotopic (exact) mass is 290 g/mol. The second-order valence-corrected chi connectivity index (χ2v) is 6.22. The van der Waals surface area contributed by atoms with Gasteiger partial charge in [0.05, 0.1) is 15.6 Å². The zero-order chi connectivity index (χ0) is 14.1. The summed E-state index contributed by atoms with van der Waals surface area (Å²) in [6, 6.07) is 1.86. The summed E-state index contributed by atoms with van der Waals surface area (Å²) in [6.45, 7) is 0.780. The molecule has 3 rings (SSSR count). The van der Waals surface area contributed by atoms with Crippen LogP contribution < -0.4 is 11.1 Å². The van der Waals surface area contributed by atoms with Gasteiger partial charge >= 0.3 is 0 Å². The van der Waals surface area contributed by atoms with Crippen molar-refractivity contribution in [3.63, 3.8) is 0 Å². The molecule has 0 atom stereocenters. The van der Waals surface area contributed by atoms with E-state index in [2.05, 4.69) is 10.3 Å². The number of Topliss-reactive ketones (excluding diaryl/α,β-unsaturated/α-hetero) is 1. The number of rotatable bonds is 6. The Morgan fingerprint density at radius 3 is 3.05 bits per heavy atom. The molecule has 0 unspecified atom stereocenters. The molecule has 6 heteroatoms. The molecule has 2 aromatic rings. The van der Waals surface area contributed by atoms with Crippen LogP contribution in [-0.4, -0.2) is 21.9 Å². The van der Waals surface area contributed by atoms with Gasteiger partial charge in [0.1, 0.15) is 5.82 Å². The van der Waals surface area contributed by atoms with Crippen LogP contribution in [0.15, 0.2) is 18.5 Å². The third-order valence-electron chi connectivity index (χ3n) is 3.50. The van der Waals surface area contributed by atoms with E-state index < -0.39 is 0 Å². The highest BCUT2D eigenvalue weighted by Crippen LogP contribution is 2.38. The van der Waals surface area contributed by atoms with Gasteiger partial charge in [-0.1, -0.05) is 0 Å². The number of thiophene rings is 1. The lowest BCUT2D eigenvalue weighted by molar-refractivity contribution is 0.0972. The lowest BCUT2D eigenvalue weighted by Crippen LogP contribution is -2.07. The van der Waals surface area contributed by atoms with Crippen LogP contribution in [0.1, 0.15) is 28.3 Å². The Morgan fingerprint density at radius 2 is 2.40 bits per heavy atom. The van der Waals surface area contributed by atoms with Crippen molar-refractivity contribution in [2.45, 2.75) is 19.3 Å². The molecule has 0 saturated heterocycles. The molecule has 0 spiro atoms. The molecule has 2 heterocycles. The zero-order valence-corrected chi connectivity index (χ0v) is 12.2. The number of aromatic nitrogens is 2. The van der Waals surface area contributed by atoms with Gasteiger partial charge in [-0.2, -0.15) is 0 Å². The molecule has 0 aliphatic heterocycles. The first-order valence-electron chi connectivity index (χ1n) is 6.78. The minimum atomic E-state index is 0.213. The molecule has 3 N–H and O–H groups in total. The minimum absolute atomic E-state index is 0.213. The summed E-state index contributed by atoms with van der Waals surface area (Å²) in [7, 11) is 1.98. The maximum atomic E-state index is 12.0. The molecule has 0 bridgehead atoms. The van der Waals surface area contributed by atoms with Crippen LogP contribution in [0.4, 0.5) is 10.7 Å². The number of nitrogens with one attached hydrogen (secondary N) is 1. The quantitative estimate of drug-likeness (QED) is 0.801. The number of ketones is 1. The van der Waals surface area contributed by atoms with E-state index in [4.69, 9.17) is 5.73 Å². The van der Waals surface area contributed by atoms with E-state index in [1.165, 1.54) is 11.3 Å². The predicted octanol–water partition coefficient (Wildman–Crippen LogP) is 2.31. The molecule has 0 aromatic carbocycles.